The molecule has 4 aromatic rings. The molecule has 0 aliphatic rings. The standard InChI is InChI=1S/C23H16ClN3O2S2/c24-19-17-11-4-5-12-18(17)31-20(19)22(29)27-23(30)26-16-10-6-7-14(13-16)21(28)25-15-8-2-1-3-9-15/h1-13H,(H,25,28)(H2,26,27,29,30). The maximum Gasteiger partial charge on any atom is 0.269 e. The SMILES string of the molecule is O=C(Nc1ccccc1)c1cccc(NC(=S)NC(=O)c2sc3ccccc3c2Cl)c1. The first-order chi connectivity index (χ1) is 15.0. The number of hydrogen-bond donors (Lipinski definition) is 3. The summed E-state index contributed by atoms with van der Waals surface area (Å²) in [7, 11) is 0. The highest BCUT2D eigenvalue weighted by Gasteiger charge is 2.18. The molecule has 0 spiro atoms. The average Bonchev–Trinajstić information content (AvgIpc) is 3.11. The topological polar surface area (TPSA) is 70.2 Å². The van der Waals surface area contributed by atoms with Gasteiger partial charge in [0.2, 0.25) is 0 Å². The van der Waals surface area contributed by atoms with Gasteiger partial charge in [-0.1, -0.05) is 54.1 Å². The van der Waals surface area contributed by atoms with Crippen LogP contribution in [0, 0.1) is 0 Å². The molecule has 0 aliphatic carbocycles. The third-order valence-electron chi connectivity index (χ3n) is 4.38. The van der Waals surface area contributed by atoms with E-state index in [9.17, 15) is 9.59 Å². The van der Waals surface area contributed by atoms with Crippen LogP contribution in [0.15, 0.2) is 78.9 Å². The van der Waals surface area contributed by atoms with E-state index in [1.54, 1.807) is 24.3 Å². The van der Waals surface area contributed by atoms with E-state index in [1.807, 2.05) is 54.6 Å². The van der Waals surface area contributed by atoms with E-state index in [1.165, 1.54) is 11.3 Å². The lowest BCUT2D eigenvalue weighted by Gasteiger charge is -2.11. The Morgan fingerprint density at radius 2 is 1.52 bits per heavy atom. The molecule has 0 saturated heterocycles. The number of thiocarbonyl (C=S) groups is 1. The Morgan fingerprint density at radius 1 is 0.806 bits per heavy atom. The molecule has 0 atom stereocenters. The molecule has 0 aliphatic heterocycles. The molecule has 31 heavy (non-hydrogen) atoms. The third-order valence-corrected chi connectivity index (χ3v) is 6.26. The van der Waals surface area contributed by atoms with E-state index in [2.05, 4.69) is 16.0 Å². The molecule has 1 aromatic heterocycles. The first-order valence-corrected chi connectivity index (χ1v) is 10.9. The smallest absolute Gasteiger partial charge is 0.269 e. The Kier molecular flexibility index (Phi) is 6.27. The van der Waals surface area contributed by atoms with Crippen LogP contribution in [0.4, 0.5) is 11.4 Å². The molecular formula is C23H16ClN3O2S2. The quantitative estimate of drug-likeness (QED) is 0.326. The van der Waals surface area contributed by atoms with E-state index in [4.69, 9.17) is 23.8 Å². The molecule has 0 fully saturated rings. The molecule has 2 amide bonds. The fourth-order valence-electron chi connectivity index (χ4n) is 2.95. The lowest BCUT2D eigenvalue weighted by Crippen LogP contribution is -2.33. The molecule has 0 bridgehead atoms. The normalized spacial score (nSPS) is 10.5. The number of para-hydroxylation sites is 1. The second-order valence-electron chi connectivity index (χ2n) is 6.55. The maximum absolute atomic E-state index is 12.6. The number of halogens is 1. The molecular weight excluding hydrogens is 450 g/mol. The average molecular weight is 466 g/mol. The second-order valence-corrected chi connectivity index (χ2v) is 8.39. The van der Waals surface area contributed by atoms with Gasteiger partial charge >= 0.3 is 0 Å². The number of rotatable bonds is 4. The van der Waals surface area contributed by atoms with Gasteiger partial charge in [-0.25, -0.2) is 0 Å². The predicted octanol–water partition coefficient (Wildman–Crippen LogP) is 5.93. The summed E-state index contributed by atoms with van der Waals surface area (Å²) < 4.78 is 0.925. The molecule has 8 heteroatoms. The fourth-order valence-corrected chi connectivity index (χ4v) is 4.57. The zero-order valence-corrected chi connectivity index (χ0v) is 18.4. The second kappa shape index (κ2) is 9.26. The van der Waals surface area contributed by atoms with Gasteiger partial charge in [-0.3, -0.25) is 14.9 Å². The number of carbonyl (C=O) groups excluding carboxylic acids is 2. The Hall–Kier alpha value is -3.26. The zero-order chi connectivity index (χ0) is 21.8. The monoisotopic (exact) mass is 465 g/mol. The lowest BCUT2D eigenvalue weighted by molar-refractivity contribution is 0.0980. The van der Waals surface area contributed by atoms with Crippen molar-refractivity contribution in [3.63, 3.8) is 0 Å². The number of benzene rings is 3. The minimum atomic E-state index is -0.387. The Labute approximate surface area is 193 Å². The van der Waals surface area contributed by atoms with E-state index < -0.39 is 0 Å². The van der Waals surface area contributed by atoms with E-state index in [0.717, 1.165) is 10.1 Å². The van der Waals surface area contributed by atoms with Crippen molar-refractivity contribution in [3.8, 4) is 0 Å². The molecule has 154 valence electrons. The van der Waals surface area contributed by atoms with Crippen LogP contribution in [0.1, 0.15) is 20.0 Å². The summed E-state index contributed by atoms with van der Waals surface area (Å²) in [5, 5.41) is 9.75. The number of amides is 2. The summed E-state index contributed by atoms with van der Waals surface area (Å²) in [6.45, 7) is 0. The van der Waals surface area contributed by atoms with Crippen molar-refractivity contribution in [2.75, 3.05) is 10.6 Å². The van der Waals surface area contributed by atoms with Crippen LogP contribution in [0.5, 0.6) is 0 Å². The summed E-state index contributed by atoms with van der Waals surface area (Å²) in [4.78, 5) is 25.5. The first-order valence-electron chi connectivity index (χ1n) is 9.27. The van der Waals surface area contributed by atoms with Gasteiger partial charge in [0.05, 0.1) is 5.02 Å². The van der Waals surface area contributed by atoms with Crippen LogP contribution in [0.3, 0.4) is 0 Å². The Bertz CT molecular complexity index is 1290. The van der Waals surface area contributed by atoms with Gasteiger partial charge in [0.25, 0.3) is 11.8 Å². The van der Waals surface area contributed by atoms with Crippen molar-refractivity contribution in [3.05, 3.63) is 94.3 Å². The summed E-state index contributed by atoms with van der Waals surface area (Å²) in [5.41, 5.74) is 1.73. The molecule has 0 unspecified atom stereocenters. The summed E-state index contributed by atoms with van der Waals surface area (Å²) >= 11 is 12.9. The number of anilines is 2. The van der Waals surface area contributed by atoms with Gasteiger partial charge in [-0.2, -0.15) is 0 Å². The maximum atomic E-state index is 12.6. The van der Waals surface area contributed by atoms with Crippen molar-refractivity contribution in [2.24, 2.45) is 0 Å². The summed E-state index contributed by atoms with van der Waals surface area (Å²) in [6.07, 6.45) is 0. The molecule has 1 heterocycles. The van der Waals surface area contributed by atoms with Crippen molar-refractivity contribution in [1.82, 2.24) is 5.32 Å². The van der Waals surface area contributed by atoms with Crippen LogP contribution in [0.25, 0.3) is 10.1 Å². The van der Waals surface area contributed by atoms with Crippen LogP contribution in [0.2, 0.25) is 5.02 Å². The van der Waals surface area contributed by atoms with E-state index >= 15 is 0 Å². The van der Waals surface area contributed by atoms with Crippen molar-refractivity contribution < 1.29 is 9.59 Å². The highest BCUT2D eigenvalue weighted by atomic mass is 35.5. The highest BCUT2D eigenvalue weighted by Crippen LogP contribution is 2.35. The lowest BCUT2D eigenvalue weighted by atomic mass is 10.2. The van der Waals surface area contributed by atoms with Crippen molar-refractivity contribution >= 4 is 73.5 Å². The molecule has 3 aromatic carbocycles. The first kappa shape index (κ1) is 21.0. The molecule has 4 rings (SSSR count). The van der Waals surface area contributed by atoms with Crippen LogP contribution in [-0.2, 0) is 0 Å². The zero-order valence-electron chi connectivity index (χ0n) is 16.0. The third kappa shape index (κ3) is 4.91. The van der Waals surface area contributed by atoms with Crippen molar-refractivity contribution in [2.45, 2.75) is 0 Å². The number of thiophene rings is 1. The minimum Gasteiger partial charge on any atom is -0.332 e. The molecule has 3 N–H and O–H groups in total. The summed E-state index contributed by atoms with van der Waals surface area (Å²) in [5.74, 6) is -0.636. The van der Waals surface area contributed by atoms with Gasteiger partial charge in [0.1, 0.15) is 4.88 Å². The van der Waals surface area contributed by atoms with Gasteiger partial charge in [-0.15, -0.1) is 11.3 Å². The van der Waals surface area contributed by atoms with Crippen LogP contribution < -0.4 is 16.0 Å². The highest BCUT2D eigenvalue weighted by molar-refractivity contribution is 7.80. The predicted molar refractivity (Wildman–Crippen MR) is 131 cm³/mol. The largest absolute Gasteiger partial charge is 0.332 e. The van der Waals surface area contributed by atoms with Gasteiger partial charge < -0.3 is 10.6 Å². The number of fused-ring (bicyclic) bond motifs is 1. The number of hydrogen-bond acceptors (Lipinski definition) is 4. The minimum absolute atomic E-state index is 0.110. The van der Waals surface area contributed by atoms with Crippen molar-refractivity contribution in [1.29, 1.82) is 0 Å². The number of nitrogens with one attached hydrogen (secondary N) is 3. The summed E-state index contributed by atoms with van der Waals surface area (Å²) in [6, 6.07) is 23.6. The van der Waals surface area contributed by atoms with E-state index in [0.29, 0.717) is 26.8 Å². The fraction of sp³-hybridized carbons (Fsp3) is 0. The van der Waals surface area contributed by atoms with Gasteiger partial charge in [0.15, 0.2) is 5.11 Å². The Balaban J connectivity index is 1.42. The molecule has 0 saturated carbocycles. The molecule has 5 nitrogen and oxygen atoms in total. The van der Waals surface area contributed by atoms with Crippen LogP contribution in [-0.4, -0.2) is 16.9 Å². The van der Waals surface area contributed by atoms with Crippen LogP contribution >= 0.6 is 35.2 Å². The van der Waals surface area contributed by atoms with Gasteiger partial charge in [0, 0.05) is 27.0 Å². The number of carbonyl (C=O) groups is 2. The van der Waals surface area contributed by atoms with E-state index in [-0.39, 0.29) is 16.9 Å². The molecule has 0 radical (unpaired) electrons. The Morgan fingerprint density at radius 3 is 2.29 bits per heavy atom. The van der Waals surface area contributed by atoms with Gasteiger partial charge in [-0.05, 0) is 48.6 Å².